The lowest BCUT2D eigenvalue weighted by molar-refractivity contribution is -0.137. The van der Waals surface area contributed by atoms with Gasteiger partial charge in [0.2, 0.25) is 0 Å². The van der Waals surface area contributed by atoms with Gasteiger partial charge >= 0.3 is 5.97 Å². The van der Waals surface area contributed by atoms with Gasteiger partial charge in [0.15, 0.2) is 0 Å². The maximum Gasteiger partial charge on any atom is 0.303 e. The van der Waals surface area contributed by atoms with Gasteiger partial charge in [0.1, 0.15) is 0 Å². The number of aliphatic carboxylic acids is 1. The lowest BCUT2D eigenvalue weighted by Crippen LogP contribution is -2.14. The first kappa shape index (κ1) is 10.6. The Labute approximate surface area is 82.0 Å². The van der Waals surface area contributed by atoms with Crippen molar-refractivity contribution in [2.75, 3.05) is 0 Å². The third-order valence-corrected chi connectivity index (χ3v) is 1.82. The molecule has 1 rings (SSSR count). The number of aromatic nitrogens is 2. The number of hydrogen-bond acceptors (Lipinski definition) is 4. The first-order valence-electron chi connectivity index (χ1n) is 4.35. The number of carboxylic acid groups (broad SMARTS) is 1. The van der Waals surface area contributed by atoms with Crippen molar-refractivity contribution in [2.24, 2.45) is 5.73 Å². The quantitative estimate of drug-likeness (QED) is 0.736. The van der Waals surface area contributed by atoms with Crippen molar-refractivity contribution in [1.29, 1.82) is 0 Å². The fourth-order valence-electron chi connectivity index (χ4n) is 1.09. The molecule has 1 aromatic rings. The van der Waals surface area contributed by atoms with E-state index in [0.29, 0.717) is 12.1 Å². The summed E-state index contributed by atoms with van der Waals surface area (Å²) < 4.78 is 0. The number of nitrogens with zero attached hydrogens (tertiary/aromatic N) is 2. The van der Waals surface area contributed by atoms with Gasteiger partial charge in [-0.25, -0.2) is 0 Å². The Morgan fingerprint density at radius 2 is 2.36 bits per heavy atom. The molecule has 0 radical (unpaired) electrons. The lowest BCUT2D eigenvalue weighted by Gasteiger charge is -2.08. The third-order valence-electron chi connectivity index (χ3n) is 1.82. The molecule has 0 aliphatic rings. The van der Waals surface area contributed by atoms with Gasteiger partial charge in [-0.2, -0.15) is 0 Å². The molecule has 1 atom stereocenters. The summed E-state index contributed by atoms with van der Waals surface area (Å²) in [6, 6.07) is -0.349. The fraction of sp³-hybridized carbons (Fsp3) is 0.444. The summed E-state index contributed by atoms with van der Waals surface area (Å²) in [5.74, 6) is -0.846. The molecule has 3 N–H and O–H groups in total. The summed E-state index contributed by atoms with van der Waals surface area (Å²) in [5, 5.41) is 8.47. The number of nitrogens with two attached hydrogens (primary N) is 1. The second-order valence-corrected chi connectivity index (χ2v) is 3.12. The van der Waals surface area contributed by atoms with Crippen LogP contribution in [0.15, 0.2) is 12.4 Å². The van der Waals surface area contributed by atoms with Crippen LogP contribution in [0.2, 0.25) is 0 Å². The molecule has 0 aliphatic carbocycles. The average Bonchev–Trinajstić information content (AvgIpc) is 2.14. The van der Waals surface area contributed by atoms with E-state index in [-0.39, 0.29) is 12.5 Å². The van der Waals surface area contributed by atoms with Crippen LogP contribution >= 0.6 is 0 Å². The second-order valence-electron chi connectivity index (χ2n) is 3.12. The summed E-state index contributed by atoms with van der Waals surface area (Å²) in [6.45, 7) is 1.82. The van der Waals surface area contributed by atoms with Gasteiger partial charge < -0.3 is 10.8 Å². The van der Waals surface area contributed by atoms with Gasteiger partial charge in [-0.1, -0.05) is 0 Å². The fourth-order valence-corrected chi connectivity index (χ4v) is 1.09. The molecular formula is C9H13N3O2. The van der Waals surface area contributed by atoms with Gasteiger partial charge in [-0.3, -0.25) is 14.8 Å². The maximum absolute atomic E-state index is 10.3. The summed E-state index contributed by atoms with van der Waals surface area (Å²) in [7, 11) is 0. The van der Waals surface area contributed by atoms with E-state index in [1.54, 1.807) is 12.4 Å². The largest absolute Gasteiger partial charge is 0.481 e. The van der Waals surface area contributed by atoms with Gasteiger partial charge in [-0.05, 0) is 13.3 Å². The van der Waals surface area contributed by atoms with E-state index in [0.717, 1.165) is 5.69 Å². The van der Waals surface area contributed by atoms with Crippen molar-refractivity contribution in [1.82, 2.24) is 9.97 Å². The highest BCUT2D eigenvalue weighted by Gasteiger charge is 2.09. The Morgan fingerprint density at radius 3 is 2.93 bits per heavy atom. The van der Waals surface area contributed by atoms with Crippen LogP contribution < -0.4 is 5.73 Å². The molecule has 0 amide bonds. The van der Waals surface area contributed by atoms with Crippen LogP contribution in [-0.4, -0.2) is 21.0 Å². The van der Waals surface area contributed by atoms with Crippen LogP contribution in [0, 0.1) is 6.92 Å². The van der Waals surface area contributed by atoms with E-state index in [4.69, 9.17) is 10.8 Å². The summed E-state index contributed by atoms with van der Waals surface area (Å²) in [4.78, 5) is 18.4. The Hall–Kier alpha value is -1.49. The second kappa shape index (κ2) is 4.66. The van der Waals surface area contributed by atoms with Crippen LogP contribution in [0.1, 0.15) is 30.3 Å². The SMILES string of the molecule is Cc1cncc(C(N)CCC(=O)O)n1. The molecule has 5 nitrogen and oxygen atoms in total. The van der Waals surface area contributed by atoms with Crippen LogP contribution in [-0.2, 0) is 4.79 Å². The smallest absolute Gasteiger partial charge is 0.303 e. The summed E-state index contributed by atoms with van der Waals surface area (Å²) >= 11 is 0. The molecule has 1 unspecified atom stereocenters. The normalized spacial score (nSPS) is 12.4. The van der Waals surface area contributed by atoms with E-state index in [9.17, 15) is 4.79 Å². The first-order valence-corrected chi connectivity index (χ1v) is 4.35. The molecule has 1 heterocycles. The van der Waals surface area contributed by atoms with Crippen LogP contribution in [0.25, 0.3) is 0 Å². The van der Waals surface area contributed by atoms with Crippen molar-refractivity contribution in [3.05, 3.63) is 23.8 Å². The highest BCUT2D eigenvalue weighted by Crippen LogP contribution is 2.12. The molecule has 5 heteroatoms. The predicted octanol–water partition coefficient (Wildman–Crippen LogP) is 0.650. The molecule has 0 aliphatic heterocycles. The Bertz CT molecular complexity index is 328. The lowest BCUT2D eigenvalue weighted by atomic mass is 10.1. The minimum atomic E-state index is -0.846. The zero-order chi connectivity index (χ0) is 10.6. The topological polar surface area (TPSA) is 89.1 Å². The van der Waals surface area contributed by atoms with E-state index in [1.807, 2.05) is 6.92 Å². The predicted molar refractivity (Wildman–Crippen MR) is 50.6 cm³/mol. The third kappa shape index (κ3) is 3.10. The van der Waals surface area contributed by atoms with E-state index in [2.05, 4.69) is 9.97 Å². The van der Waals surface area contributed by atoms with Gasteiger partial charge in [0.05, 0.1) is 11.4 Å². The van der Waals surface area contributed by atoms with Crippen molar-refractivity contribution < 1.29 is 9.90 Å². The molecule has 1 aromatic heterocycles. The van der Waals surface area contributed by atoms with E-state index in [1.165, 1.54) is 0 Å². The van der Waals surface area contributed by atoms with E-state index >= 15 is 0 Å². The molecule has 14 heavy (non-hydrogen) atoms. The van der Waals surface area contributed by atoms with E-state index < -0.39 is 5.97 Å². The highest BCUT2D eigenvalue weighted by atomic mass is 16.4. The number of carboxylic acids is 1. The van der Waals surface area contributed by atoms with Crippen molar-refractivity contribution in [3.8, 4) is 0 Å². The minimum Gasteiger partial charge on any atom is -0.481 e. The Kier molecular flexibility index (Phi) is 3.53. The first-order chi connectivity index (χ1) is 6.59. The van der Waals surface area contributed by atoms with Crippen molar-refractivity contribution >= 4 is 5.97 Å². The molecule has 0 fully saturated rings. The average molecular weight is 195 g/mol. The number of carbonyl (C=O) groups is 1. The minimum absolute atomic E-state index is 0.0524. The maximum atomic E-state index is 10.3. The van der Waals surface area contributed by atoms with Crippen LogP contribution in [0.3, 0.4) is 0 Å². The number of aryl methyl sites for hydroxylation is 1. The Balaban J connectivity index is 2.60. The molecular weight excluding hydrogens is 182 g/mol. The van der Waals surface area contributed by atoms with Gasteiger partial charge in [-0.15, -0.1) is 0 Å². The standard InChI is InChI=1S/C9H13N3O2/c1-6-4-11-5-8(12-6)7(10)2-3-9(13)14/h4-5,7H,2-3,10H2,1H3,(H,13,14). The molecule has 0 saturated carbocycles. The number of rotatable bonds is 4. The van der Waals surface area contributed by atoms with Crippen molar-refractivity contribution in [2.45, 2.75) is 25.8 Å². The monoisotopic (exact) mass is 195 g/mol. The zero-order valence-electron chi connectivity index (χ0n) is 7.97. The zero-order valence-corrected chi connectivity index (χ0v) is 7.97. The van der Waals surface area contributed by atoms with Gasteiger partial charge in [0, 0.05) is 24.9 Å². The number of hydrogen-bond donors (Lipinski definition) is 2. The Morgan fingerprint density at radius 1 is 1.64 bits per heavy atom. The molecule has 0 saturated heterocycles. The summed E-state index contributed by atoms with van der Waals surface area (Å²) in [5.41, 5.74) is 7.18. The molecule has 0 bridgehead atoms. The summed E-state index contributed by atoms with van der Waals surface area (Å²) in [6.07, 6.45) is 3.64. The van der Waals surface area contributed by atoms with Crippen molar-refractivity contribution in [3.63, 3.8) is 0 Å². The van der Waals surface area contributed by atoms with Crippen LogP contribution in [0.5, 0.6) is 0 Å². The van der Waals surface area contributed by atoms with Gasteiger partial charge in [0.25, 0.3) is 0 Å². The highest BCUT2D eigenvalue weighted by molar-refractivity contribution is 5.66. The molecule has 76 valence electrons. The molecule has 0 spiro atoms. The molecule has 0 aromatic carbocycles. The van der Waals surface area contributed by atoms with Crippen LogP contribution in [0.4, 0.5) is 0 Å².